The summed E-state index contributed by atoms with van der Waals surface area (Å²) in [6.45, 7) is 1.79. The Hall–Kier alpha value is -3.22. The van der Waals surface area contributed by atoms with E-state index >= 15 is 0 Å². The van der Waals surface area contributed by atoms with E-state index in [4.69, 9.17) is 5.73 Å². The van der Waals surface area contributed by atoms with Gasteiger partial charge in [-0.25, -0.2) is 0 Å². The lowest BCUT2D eigenvalue weighted by Crippen LogP contribution is -2.37. The predicted octanol–water partition coefficient (Wildman–Crippen LogP) is 2.11. The first-order valence-corrected chi connectivity index (χ1v) is 7.36. The molecule has 7 nitrogen and oxygen atoms in total. The van der Waals surface area contributed by atoms with Crippen LogP contribution in [0.15, 0.2) is 48.5 Å². The molecule has 0 heterocycles. The number of nitro benzene ring substituents is 1. The molecule has 0 aliphatic heterocycles. The normalized spacial score (nSPS) is 11.5. The number of nitro groups is 1. The quantitative estimate of drug-likeness (QED) is 0.624. The van der Waals surface area contributed by atoms with Gasteiger partial charge < -0.3 is 11.1 Å². The molecule has 0 radical (unpaired) electrons. The number of nitrogens with zero attached hydrogens (tertiary/aromatic N) is 1. The second-order valence-electron chi connectivity index (χ2n) is 5.17. The zero-order valence-corrected chi connectivity index (χ0v) is 13.1. The maximum Gasteiger partial charge on any atom is 0.273 e. The van der Waals surface area contributed by atoms with E-state index in [1.807, 2.05) is 0 Å². The number of nitrogens with two attached hydrogens (primary N) is 1. The van der Waals surface area contributed by atoms with Crippen LogP contribution in [0, 0.1) is 10.1 Å². The zero-order valence-electron chi connectivity index (χ0n) is 13.1. The lowest BCUT2D eigenvalue weighted by atomic mass is 10.0. The van der Waals surface area contributed by atoms with Crippen molar-refractivity contribution < 1.29 is 14.5 Å². The third-order valence-corrected chi connectivity index (χ3v) is 3.62. The SMILES string of the molecule is CCc1ccc(C(=O)NC(C(N)=O)c2ccccc2)cc1[N+](=O)[O-]. The van der Waals surface area contributed by atoms with E-state index in [-0.39, 0.29) is 11.3 Å². The van der Waals surface area contributed by atoms with E-state index in [1.54, 1.807) is 37.3 Å². The molecule has 1 atom stereocenters. The highest BCUT2D eigenvalue weighted by atomic mass is 16.6. The number of rotatable bonds is 6. The Morgan fingerprint density at radius 3 is 2.42 bits per heavy atom. The van der Waals surface area contributed by atoms with E-state index < -0.39 is 22.8 Å². The van der Waals surface area contributed by atoms with E-state index in [0.29, 0.717) is 17.5 Å². The minimum atomic E-state index is -1.01. The van der Waals surface area contributed by atoms with Crippen LogP contribution in [0.1, 0.15) is 34.5 Å². The second kappa shape index (κ2) is 7.36. The Labute approximate surface area is 138 Å². The first kappa shape index (κ1) is 17.1. The van der Waals surface area contributed by atoms with Gasteiger partial charge in [0.1, 0.15) is 6.04 Å². The maximum absolute atomic E-state index is 12.4. The highest BCUT2D eigenvalue weighted by Gasteiger charge is 2.22. The molecule has 3 N–H and O–H groups in total. The molecular formula is C17H17N3O4. The van der Waals surface area contributed by atoms with Crippen LogP contribution in [-0.2, 0) is 11.2 Å². The van der Waals surface area contributed by atoms with Gasteiger partial charge in [0.05, 0.1) is 4.92 Å². The van der Waals surface area contributed by atoms with Gasteiger partial charge in [0.2, 0.25) is 5.91 Å². The third-order valence-electron chi connectivity index (χ3n) is 3.62. The van der Waals surface area contributed by atoms with Crippen molar-refractivity contribution >= 4 is 17.5 Å². The van der Waals surface area contributed by atoms with E-state index in [9.17, 15) is 19.7 Å². The second-order valence-corrected chi connectivity index (χ2v) is 5.17. The summed E-state index contributed by atoms with van der Waals surface area (Å²) in [4.78, 5) is 34.6. The molecule has 2 amide bonds. The number of aryl methyl sites for hydroxylation is 1. The molecule has 2 rings (SSSR count). The van der Waals surface area contributed by atoms with E-state index in [1.165, 1.54) is 18.2 Å². The van der Waals surface area contributed by atoms with Gasteiger partial charge >= 0.3 is 0 Å². The fourth-order valence-electron chi connectivity index (χ4n) is 2.35. The van der Waals surface area contributed by atoms with Crippen LogP contribution >= 0.6 is 0 Å². The lowest BCUT2D eigenvalue weighted by Gasteiger charge is -2.16. The van der Waals surface area contributed by atoms with E-state index in [0.717, 1.165) is 0 Å². The number of amides is 2. The number of carbonyl (C=O) groups excluding carboxylic acids is 2. The molecule has 0 saturated carbocycles. The smallest absolute Gasteiger partial charge is 0.273 e. The van der Waals surface area contributed by atoms with Crippen LogP contribution in [0.3, 0.4) is 0 Å². The summed E-state index contributed by atoms with van der Waals surface area (Å²) in [5, 5.41) is 13.6. The molecular weight excluding hydrogens is 310 g/mol. The topological polar surface area (TPSA) is 115 Å². The summed E-state index contributed by atoms with van der Waals surface area (Å²) >= 11 is 0. The fraction of sp³-hybridized carbons (Fsp3) is 0.176. The Balaban J connectivity index is 2.29. The van der Waals surface area contributed by atoms with Crippen LogP contribution < -0.4 is 11.1 Å². The summed E-state index contributed by atoms with van der Waals surface area (Å²) < 4.78 is 0. The summed E-state index contributed by atoms with van der Waals surface area (Å²) in [6, 6.07) is 11.8. The fourth-order valence-corrected chi connectivity index (χ4v) is 2.35. The first-order chi connectivity index (χ1) is 11.4. The van der Waals surface area contributed by atoms with E-state index in [2.05, 4.69) is 5.32 Å². The molecule has 24 heavy (non-hydrogen) atoms. The minimum Gasteiger partial charge on any atom is -0.368 e. The molecule has 0 saturated heterocycles. The average Bonchev–Trinajstić information content (AvgIpc) is 2.59. The molecule has 0 fully saturated rings. The molecule has 0 bridgehead atoms. The highest BCUT2D eigenvalue weighted by molar-refractivity contribution is 5.98. The van der Waals surface area contributed by atoms with Crippen LogP contribution in [0.5, 0.6) is 0 Å². The van der Waals surface area contributed by atoms with Gasteiger partial charge in [0.25, 0.3) is 11.6 Å². The van der Waals surface area contributed by atoms with Gasteiger partial charge in [0.15, 0.2) is 0 Å². The average molecular weight is 327 g/mol. The third kappa shape index (κ3) is 3.75. The van der Waals surface area contributed by atoms with Gasteiger partial charge in [-0.15, -0.1) is 0 Å². The van der Waals surface area contributed by atoms with Crippen LogP contribution in [0.25, 0.3) is 0 Å². The number of nitrogens with one attached hydrogen (secondary N) is 1. The van der Waals surface area contributed by atoms with Crippen molar-refractivity contribution in [3.63, 3.8) is 0 Å². The standard InChI is InChI=1S/C17H17N3O4/c1-2-11-8-9-13(10-14(11)20(23)24)17(22)19-15(16(18)21)12-6-4-3-5-7-12/h3-10,15H,2H2,1H3,(H2,18,21)(H,19,22). The number of hydrogen-bond acceptors (Lipinski definition) is 4. The Bertz CT molecular complexity index is 775. The van der Waals surface area contributed by atoms with Gasteiger partial charge in [-0.1, -0.05) is 43.3 Å². The van der Waals surface area contributed by atoms with Crippen LogP contribution in [0.4, 0.5) is 5.69 Å². The number of hydrogen-bond donors (Lipinski definition) is 2. The molecule has 0 spiro atoms. The lowest BCUT2D eigenvalue weighted by molar-refractivity contribution is -0.385. The molecule has 2 aromatic carbocycles. The predicted molar refractivity (Wildman–Crippen MR) is 88.3 cm³/mol. The summed E-state index contributed by atoms with van der Waals surface area (Å²) in [5.74, 6) is -1.32. The molecule has 124 valence electrons. The number of benzene rings is 2. The van der Waals surface area contributed by atoms with Crippen molar-refractivity contribution in [2.24, 2.45) is 5.73 Å². The zero-order chi connectivity index (χ0) is 17.7. The molecule has 0 aliphatic rings. The van der Waals surface area contributed by atoms with Crippen molar-refractivity contribution in [1.82, 2.24) is 5.32 Å². The van der Waals surface area contributed by atoms with Crippen molar-refractivity contribution in [3.05, 3.63) is 75.3 Å². The highest BCUT2D eigenvalue weighted by Crippen LogP contribution is 2.21. The molecule has 7 heteroatoms. The Morgan fingerprint density at radius 1 is 1.21 bits per heavy atom. The molecule has 1 unspecified atom stereocenters. The monoisotopic (exact) mass is 327 g/mol. The van der Waals surface area contributed by atoms with Gasteiger partial charge in [0, 0.05) is 17.2 Å². The molecule has 0 aromatic heterocycles. The van der Waals surface area contributed by atoms with Gasteiger partial charge in [-0.2, -0.15) is 0 Å². The number of primary amides is 1. The summed E-state index contributed by atoms with van der Waals surface area (Å²) in [7, 11) is 0. The van der Waals surface area contributed by atoms with Crippen LogP contribution in [0.2, 0.25) is 0 Å². The van der Waals surface area contributed by atoms with Crippen LogP contribution in [-0.4, -0.2) is 16.7 Å². The first-order valence-electron chi connectivity index (χ1n) is 7.36. The number of carbonyl (C=O) groups is 2. The Kier molecular flexibility index (Phi) is 5.26. The van der Waals surface area contributed by atoms with Crippen molar-refractivity contribution in [1.29, 1.82) is 0 Å². The largest absolute Gasteiger partial charge is 0.368 e. The van der Waals surface area contributed by atoms with Crippen molar-refractivity contribution in [2.45, 2.75) is 19.4 Å². The van der Waals surface area contributed by atoms with Crippen molar-refractivity contribution in [3.8, 4) is 0 Å². The summed E-state index contributed by atoms with van der Waals surface area (Å²) in [6.07, 6.45) is 0.478. The molecule has 0 aliphatic carbocycles. The minimum absolute atomic E-state index is 0.0982. The van der Waals surface area contributed by atoms with Crippen molar-refractivity contribution in [2.75, 3.05) is 0 Å². The van der Waals surface area contributed by atoms with Gasteiger partial charge in [-0.3, -0.25) is 19.7 Å². The Morgan fingerprint density at radius 2 is 1.88 bits per heavy atom. The van der Waals surface area contributed by atoms with Gasteiger partial charge in [-0.05, 0) is 18.1 Å². The summed E-state index contributed by atoms with van der Waals surface area (Å²) in [5.41, 5.74) is 6.40. The molecule has 2 aromatic rings. The maximum atomic E-state index is 12.4.